The average molecular weight is 354 g/mol. The van der Waals surface area contributed by atoms with Crippen molar-refractivity contribution in [3.63, 3.8) is 0 Å². The number of rotatable bonds is 6. The predicted molar refractivity (Wildman–Crippen MR) is 96.5 cm³/mol. The molecule has 0 atom stereocenters. The Morgan fingerprint density at radius 3 is 2.62 bits per heavy atom. The molecule has 0 bridgehead atoms. The van der Waals surface area contributed by atoms with Crippen LogP contribution in [0.15, 0.2) is 47.7 Å². The van der Waals surface area contributed by atoms with Gasteiger partial charge < -0.3 is 10.6 Å². The zero-order chi connectivity index (χ0) is 18.4. The van der Waals surface area contributed by atoms with E-state index < -0.39 is 11.5 Å². The Morgan fingerprint density at radius 2 is 1.88 bits per heavy atom. The highest BCUT2D eigenvalue weighted by Crippen LogP contribution is 2.17. The summed E-state index contributed by atoms with van der Waals surface area (Å²) >= 11 is 0. The Labute approximate surface area is 151 Å². The van der Waals surface area contributed by atoms with Gasteiger partial charge in [0, 0.05) is 18.8 Å². The molecule has 7 nitrogen and oxygen atoms in total. The van der Waals surface area contributed by atoms with Crippen molar-refractivity contribution in [3.8, 4) is 0 Å². The van der Waals surface area contributed by atoms with Crippen LogP contribution in [-0.2, 0) is 17.9 Å². The van der Waals surface area contributed by atoms with Crippen molar-refractivity contribution in [1.82, 2.24) is 20.2 Å². The minimum Gasteiger partial charge on any atom is -0.350 e. The maximum atomic E-state index is 12.5. The summed E-state index contributed by atoms with van der Waals surface area (Å²) in [4.78, 5) is 40.8. The second kappa shape index (κ2) is 8.42. The van der Waals surface area contributed by atoms with Crippen LogP contribution in [0.2, 0.25) is 0 Å². The van der Waals surface area contributed by atoms with E-state index in [1.165, 1.54) is 12.5 Å². The number of benzene rings is 1. The van der Waals surface area contributed by atoms with E-state index in [2.05, 4.69) is 15.6 Å². The number of hydrogen-bond acceptors (Lipinski definition) is 4. The van der Waals surface area contributed by atoms with Crippen molar-refractivity contribution >= 4 is 11.8 Å². The molecule has 0 aliphatic heterocycles. The average Bonchev–Trinajstić information content (AvgIpc) is 3.15. The lowest BCUT2D eigenvalue weighted by molar-refractivity contribution is -0.121. The minimum atomic E-state index is -0.509. The first-order chi connectivity index (χ1) is 12.6. The van der Waals surface area contributed by atoms with Gasteiger partial charge in [0.2, 0.25) is 5.91 Å². The predicted octanol–water partition coefficient (Wildman–Crippen LogP) is 1.23. The van der Waals surface area contributed by atoms with Gasteiger partial charge in [0.05, 0.1) is 6.33 Å². The second-order valence-corrected chi connectivity index (χ2v) is 6.46. The van der Waals surface area contributed by atoms with Gasteiger partial charge in [-0.05, 0) is 18.4 Å². The Kier molecular flexibility index (Phi) is 5.78. The van der Waals surface area contributed by atoms with E-state index >= 15 is 0 Å². The van der Waals surface area contributed by atoms with Crippen LogP contribution in [0.3, 0.4) is 0 Å². The van der Waals surface area contributed by atoms with Gasteiger partial charge in [-0.15, -0.1) is 0 Å². The van der Waals surface area contributed by atoms with Crippen molar-refractivity contribution in [1.29, 1.82) is 0 Å². The van der Waals surface area contributed by atoms with Gasteiger partial charge in [-0.2, -0.15) is 0 Å². The van der Waals surface area contributed by atoms with Crippen LogP contribution in [0.4, 0.5) is 0 Å². The summed E-state index contributed by atoms with van der Waals surface area (Å²) in [6, 6.07) is 9.61. The smallest absolute Gasteiger partial charge is 0.266 e. The van der Waals surface area contributed by atoms with Crippen LogP contribution in [0, 0.1) is 0 Å². The van der Waals surface area contributed by atoms with Crippen LogP contribution in [0.5, 0.6) is 0 Å². The van der Waals surface area contributed by atoms with E-state index in [0.717, 1.165) is 35.8 Å². The molecule has 1 aliphatic carbocycles. The Balaban J connectivity index is 1.62. The topological polar surface area (TPSA) is 93.1 Å². The highest BCUT2D eigenvalue weighted by Gasteiger charge is 2.20. The standard InChI is InChI=1S/C19H22N4O3/c24-17(21-10-14-6-2-1-3-7-14)12-23-13-20-11-16(19(23)26)18(25)22-15-8-4-5-9-15/h1-3,6-7,11,13,15H,4-5,8-10,12H2,(H,21,24)(H,22,25). The number of aromatic nitrogens is 2. The quantitative estimate of drug-likeness (QED) is 0.816. The zero-order valence-electron chi connectivity index (χ0n) is 14.5. The molecule has 0 unspecified atom stereocenters. The monoisotopic (exact) mass is 354 g/mol. The molecule has 1 aromatic heterocycles. The molecule has 1 saturated carbocycles. The van der Waals surface area contributed by atoms with Crippen LogP contribution in [0.1, 0.15) is 41.6 Å². The lowest BCUT2D eigenvalue weighted by Crippen LogP contribution is -2.39. The van der Waals surface area contributed by atoms with E-state index in [1.807, 2.05) is 30.3 Å². The first-order valence-corrected chi connectivity index (χ1v) is 8.79. The first-order valence-electron chi connectivity index (χ1n) is 8.79. The normalized spacial score (nSPS) is 14.2. The summed E-state index contributed by atoms with van der Waals surface area (Å²) in [6.07, 6.45) is 6.57. The fourth-order valence-electron chi connectivity index (χ4n) is 3.06. The maximum Gasteiger partial charge on any atom is 0.266 e. The van der Waals surface area contributed by atoms with E-state index in [9.17, 15) is 14.4 Å². The van der Waals surface area contributed by atoms with Crippen LogP contribution in [-0.4, -0.2) is 27.4 Å². The highest BCUT2D eigenvalue weighted by atomic mass is 16.2. The van der Waals surface area contributed by atoms with Crippen LogP contribution >= 0.6 is 0 Å². The molecule has 1 aliphatic rings. The molecule has 1 aromatic carbocycles. The van der Waals surface area contributed by atoms with Gasteiger partial charge in [0.25, 0.3) is 11.5 Å². The number of carbonyl (C=O) groups is 2. The minimum absolute atomic E-state index is 0.0322. The number of amides is 2. The Morgan fingerprint density at radius 1 is 1.15 bits per heavy atom. The molecule has 1 fully saturated rings. The summed E-state index contributed by atoms with van der Waals surface area (Å²) < 4.78 is 1.16. The first kappa shape index (κ1) is 17.8. The van der Waals surface area contributed by atoms with Gasteiger partial charge in [-0.1, -0.05) is 43.2 Å². The third-order valence-corrected chi connectivity index (χ3v) is 4.48. The molecule has 7 heteroatoms. The second-order valence-electron chi connectivity index (χ2n) is 6.46. The van der Waals surface area contributed by atoms with Crippen LogP contribution in [0.25, 0.3) is 0 Å². The number of hydrogen-bond donors (Lipinski definition) is 2. The molecule has 3 rings (SSSR count). The fraction of sp³-hybridized carbons (Fsp3) is 0.368. The lowest BCUT2D eigenvalue weighted by atomic mass is 10.2. The van der Waals surface area contributed by atoms with Gasteiger partial charge in [-0.3, -0.25) is 19.0 Å². The third kappa shape index (κ3) is 4.56. The van der Waals surface area contributed by atoms with E-state index in [4.69, 9.17) is 0 Å². The SMILES string of the molecule is O=C(Cn1cncc(C(=O)NC2CCCC2)c1=O)NCc1ccccc1. The number of nitrogens with zero attached hydrogens (tertiary/aromatic N) is 2. The number of nitrogens with one attached hydrogen (secondary N) is 2. The Bertz CT molecular complexity index is 826. The summed E-state index contributed by atoms with van der Waals surface area (Å²) in [5.41, 5.74) is 0.427. The molecule has 2 aromatic rings. The molecular formula is C19H22N4O3. The Hall–Kier alpha value is -2.96. The van der Waals surface area contributed by atoms with Crippen molar-refractivity contribution in [2.45, 2.75) is 44.8 Å². The summed E-state index contributed by atoms with van der Waals surface area (Å²) in [5, 5.41) is 5.63. The molecule has 2 amide bonds. The van der Waals surface area contributed by atoms with Gasteiger partial charge >= 0.3 is 0 Å². The maximum absolute atomic E-state index is 12.5. The molecular weight excluding hydrogens is 332 g/mol. The lowest BCUT2D eigenvalue weighted by Gasteiger charge is -2.12. The summed E-state index contributed by atoms with van der Waals surface area (Å²) in [5.74, 6) is -0.737. The molecule has 1 heterocycles. The molecule has 136 valence electrons. The molecule has 26 heavy (non-hydrogen) atoms. The van der Waals surface area contributed by atoms with E-state index in [-0.39, 0.29) is 24.1 Å². The van der Waals surface area contributed by atoms with Gasteiger partial charge in [-0.25, -0.2) is 4.98 Å². The molecule has 0 saturated heterocycles. The van der Waals surface area contributed by atoms with Crippen molar-refractivity contribution in [2.75, 3.05) is 0 Å². The fourth-order valence-corrected chi connectivity index (χ4v) is 3.06. The molecule has 2 N–H and O–H groups in total. The van der Waals surface area contributed by atoms with E-state index in [1.54, 1.807) is 0 Å². The third-order valence-electron chi connectivity index (χ3n) is 4.48. The highest BCUT2D eigenvalue weighted by molar-refractivity contribution is 5.93. The molecule has 0 radical (unpaired) electrons. The van der Waals surface area contributed by atoms with Crippen molar-refractivity contribution in [2.24, 2.45) is 0 Å². The van der Waals surface area contributed by atoms with Crippen molar-refractivity contribution < 1.29 is 9.59 Å². The van der Waals surface area contributed by atoms with Crippen molar-refractivity contribution in [3.05, 3.63) is 64.3 Å². The van der Waals surface area contributed by atoms with Gasteiger partial charge in [0.15, 0.2) is 0 Å². The summed E-state index contributed by atoms with van der Waals surface area (Å²) in [7, 11) is 0. The molecule has 0 spiro atoms. The van der Waals surface area contributed by atoms with Gasteiger partial charge in [0.1, 0.15) is 12.1 Å². The van der Waals surface area contributed by atoms with Crippen LogP contribution < -0.4 is 16.2 Å². The van der Waals surface area contributed by atoms with E-state index in [0.29, 0.717) is 6.54 Å². The zero-order valence-corrected chi connectivity index (χ0v) is 14.5. The summed E-state index contributed by atoms with van der Waals surface area (Å²) in [6.45, 7) is 0.201. The number of carbonyl (C=O) groups excluding carboxylic acids is 2. The largest absolute Gasteiger partial charge is 0.350 e.